The zero-order chi connectivity index (χ0) is 19.5. The average Bonchev–Trinajstić information content (AvgIpc) is 2.57. The Morgan fingerprint density at radius 2 is 1.81 bits per heavy atom. The highest BCUT2D eigenvalue weighted by Gasteiger charge is 2.35. The van der Waals surface area contributed by atoms with Crippen molar-refractivity contribution in [1.82, 2.24) is 0 Å². The topological polar surface area (TPSA) is 54.0 Å². The predicted molar refractivity (Wildman–Crippen MR) is 85.2 cm³/mol. The van der Waals surface area contributed by atoms with Gasteiger partial charge in [-0.05, 0) is 34.1 Å². The molecule has 5 nitrogen and oxygen atoms in total. The maximum atomic E-state index is 14.4. The number of halogens is 5. The van der Waals surface area contributed by atoms with Gasteiger partial charge < -0.3 is 18.9 Å². The van der Waals surface area contributed by atoms with Gasteiger partial charge >= 0.3 is 12.3 Å². The summed E-state index contributed by atoms with van der Waals surface area (Å²) < 4.78 is 69.7. The maximum absolute atomic E-state index is 14.4. The van der Waals surface area contributed by atoms with E-state index in [0.717, 1.165) is 13.2 Å². The number of carbonyl (C=O) groups is 1. The van der Waals surface area contributed by atoms with E-state index >= 15 is 0 Å². The first kappa shape index (κ1) is 19.8. The van der Waals surface area contributed by atoms with E-state index in [4.69, 9.17) is 9.47 Å². The van der Waals surface area contributed by atoms with Crippen LogP contribution in [0.2, 0.25) is 0 Å². The lowest BCUT2D eigenvalue weighted by Crippen LogP contribution is -2.18. The van der Waals surface area contributed by atoms with Gasteiger partial charge in [0.15, 0.2) is 11.5 Å². The highest BCUT2D eigenvalue weighted by molar-refractivity contribution is 9.10. The van der Waals surface area contributed by atoms with E-state index in [0.29, 0.717) is 0 Å². The van der Waals surface area contributed by atoms with Crippen LogP contribution >= 0.6 is 15.9 Å². The van der Waals surface area contributed by atoms with Gasteiger partial charge in [0.25, 0.3) is 0 Å². The third kappa shape index (κ3) is 4.57. The molecule has 0 aliphatic heterocycles. The van der Waals surface area contributed by atoms with Gasteiger partial charge in [-0.25, -0.2) is 4.79 Å². The van der Waals surface area contributed by atoms with Crippen molar-refractivity contribution < 1.29 is 41.3 Å². The molecule has 26 heavy (non-hydrogen) atoms. The molecule has 2 aromatic carbocycles. The van der Waals surface area contributed by atoms with Gasteiger partial charge in [0.1, 0.15) is 5.75 Å². The average molecular weight is 439 g/mol. The summed E-state index contributed by atoms with van der Waals surface area (Å²) in [6.45, 7) is 0. The normalized spacial score (nSPS) is 11.0. The van der Waals surface area contributed by atoms with Crippen molar-refractivity contribution in [2.45, 2.75) is 6.36 Å². The van der Waals surface area contributed by atoms with Gasteiger partial charge in [0.2, 0.25) is 11.6 Å². The molecule has 0 saturated carbocycles. The van der Waals surface area contributed by atoms with Gasteiger partial charge in [-0.2, -0.15) is 4.39 Å². The van der Waals surface area contributed by atoms with Gasteiger partial charge in [-0.1, -0.05) is 6.07 Å². The Labute approximate surface area is 153 Å². The first-order valence-corrected chi connectivity index (χ1v) is 7.63. The standard InChI is InChI=1S/C16H11BrF4O5/c1-23-14-11(7-10(17)13(12(14)18)26-16(19,20)21)25-9-5-3-4-8(6-9)15(22)24-2/h3-7H,1-2H3. The van der Waals surface area contributed by atoms with E-state index in [1.54, 1.807) is 0 Å². The number of benzene rings is 2. The molecule has 0 unspecified atom stereocenters. The molecule has 0 aliphatic carbocycles. The molecule has 140 valence electrons. The lowest BCUT2D eigenvalue weighted by Gasteiger charge is -2.16. The number of hydrogen-bond acceptors (Lipinski definition) is 5. The second kappa shape index (κ2) is 7.81. The van der Waals surface area contributed by atoms with Crippen LogP contribution < -0.4 is 14.2 Å². The van der Waals surface area contributed by atoms with Crippen LogP contribution in [0, 0.1) is 5.82 Å². The molecule has 0 radical (unpaired) electrons. The fraction of sp³-hybridized carbons (Fsp3) is 0.188. The number of rotatable bonds is 5. The van der Waals surface area contributed by atoms with E-state index < -0.39 is 29.6 Å². The molecule has 0 fully saturated rings. The van der Waals surface area contributed by atoms with Gasteiger partial charge in [0, 0.05) is 6.07 Å². The molecule has 0 amide bonds. The van der Waals surface area contributed by atoms with Crippen LogP contribution in [0.15, 0.2) is 34.8 Å². The van der Waals surface area contributed by atoms with Crippen LogP contribution in [0.25, 0.3) is 0 Å². The summed E-state index contributed by atoms with van der Waals surface area (Å²) in [5.41, 5.74) is 0.167. The summed E-state index contributed by atoms with van der Waals surface area (Å²) in [7, 11) is 2.26. The first-order chi connectivity index (χ1) is 12.2. The van der Waals surface area contributed by atoms with Crippen LogP contribution in [-0.4, -0.2) is 26.6 Å². The second-order valence-electron chi connectivity index (χ2n) is 4.70. The quantitative estimate of drug-likeness (QED) is 0.481. The number of esters is 1. The third-order valence-electron chi connectivity index (χ3n) is 3.00. The molecular formula is C16H11BrF4O5. The second-order valence-corrected chi connectivity index (χ2v) is 5.56. The highest BCUT2D eigenvalue weighted by atomic mass is 79.9. The minimum absolute atomic E-state index is 0.113. The number of ether oxygens (including phenoxy) is 4. The number of hydrogen-bond donors (Lipinski definition) is 0. The van der Waals surface area contributed by atoms with E-state index in [1.807, 2.05) is 0 Å². The molecular weight excluding hydrogens is 428 g/mol. The zero-order valence-corrected chi connectivity index (χ0v) is 14.9. The molecule has 0 aliphatic rings. The summed E-state index contributed by atoms with van der Waals surface area (Å²) in [4.78, 5) is 11.5. The van der Waals surface area contributed by atoms with E-state index in [1.165, 1.54) is 31.4 Å². The highest BCUT2D eigenvalue weighted by Crippen LogP contribution is 2.44. The van der Waals surface area contributed by atoms with Crippen molar-refractivity contribution in [3.63, 3.8) is 0 Å². The fourth-order valence-corrected chi connectivity index (χ4v) is 2.43. The minimum Gasteiger partial charge on any atom is -0.490 e. The molecule has 2 aromatic rings. The molecule has 0 bridgehead atoms. The van der Waals surface area contributed by atoms with E-state index in [9.17, 15) is 22.4 Å². The molecule has 0 atom stereocenters. The number of methoxy groups -OCH3 is 2. The molecule has 0 N–H and O–H groups in total. The van der Waals surface area contributed by atoms with Crippen LogP contribution in [0.4, 0.5) is 17.6 Å². The monoisotopic (exact) mass is 438 g/mol. The van der Waals surface area contributed by atoms with Crippen molar-refractivity contribution in [2.24, 2.45) is 0 Å². The van der Waals surface area contributed by atoms with E-state index in [2.05, 4.69) is 25.4 Å². The SMILES string of the molecule is COC(=O)c1cccc(Oc2cc(Br)c(OC(F)(F)F)c(F)c2OC)c1. The van der Waals surface area contributed by atoms with Crippen molar-refractivity contribution in [3.05, 3.63) is 46.2 Å². The van der Waals surface area contributed by atoms with Crippen LogP contribution in [0.3, 0.4) is 0 Å². The number of alkyl halides is 3. The predicted octanol–water partition coefficient (Wildman–Crippen LogP) is 5.07. The Hall–Kier alpha value is -2.49. The van der Waals surface area contributed by atoms with Gasteiger partial charge in [0.05, 0.1) is 24.3 Å². The first-order valence-electron chi connectivity index (χ1n) is 6.84. The summed E-state index contributed by atoms with van der Waals surface area (Å²) in [5, 5.41) is 0. The van der Waals surface area contributed by atoms with Crippen molar-refractivity contribution in [1.29, 1.82) is 0 Å². The third-order valence-corrected chi connectivity index (χ3v) is 3.59. The maximum Gasteiger partial charge on any atom is 0.573 e. The van der Waals surface area contributed by atoms with Crippen LogP contribution in [0.1, 0.15) is 10.4 Å². The summed E-state index contributed by atoms with van der Waals surface area (Å²) in [6, 6.07) is 6.77. The lowest BCUT2D eigenvalue weighted by atomic mass is 10.2. The Kier molecular flexibility index (Phi) is 5.96. The van der Waals surface area contributed by atoms with Crippen LogP contribution in [-0.2, 0) is 4.74 Å². The molecule has 10 heteroatoms. The summed E-state index contributed by atoms with van der Waals surface area (Å²) in [6.07, 6.45) is -5.09. The molecule has 0 heterocycles. The van der Waals surface area contributed by atoms with E-state index in [-0.39, 0.29) is 21.5 Å². The van der Waals surface area contributed by atoms with Gasteiger partial charge in [-0.15, -0.1) is 13.2 Å². The molecule has 0 saturated heterocycles. The number of carbonyl (C=O) groups excluding carboxylic acids is 1. The largest absolute Gasteiger partial charge is 0.573 e. The summed E-state index contributed by atoms with van der Waals surface area (Å²) in [5.74, 6) is -3.83. The van der Waals surface area contributed by atoms with Crippen molar-refractivity contribution in [3.8, 4) is 23.0 Å². The Balaban J connectivity index is 2.43. The van der Waals surface area contributed by atoms with Crippen molar-refractivity contribution in [2.75, 3.05) is 14.2 Å². The zero-order valence-electron chi connectivity index (χ0n) is 13.3. The smallest absolute Gasteiger partial charge is 0.490 e. The molecule has 0 aromatic heterocycles. The van der Waals surface area contributed by atoms with Gasteiger partial charge in [-0.3, -0.25) is 0 Å². The summed E-state index contributed by atoms with van der Waals surface area (Å²) >= 11 is 2.80. The Morgan fingerprint density at radius 3 is 2.38 bits per heavy atom. The van der Waals surface area contributed by atoms with Crippen LogP contribution in [0.5, 0.6) is 23.0 Å². The minimum atomic E-state index is -5.09. The van der Waals surface area contributed by atoms with Crippen molar-refractivity contribution >= 4 is 21.9 Å². The fourth-order valence-electron chi connectivity index (χ4n) is 1.97. The Morgan fingerprint density at radius 1 is 1.12 bits per heavy atom. The molecule has 0 spiro atoms. The Bertz CT molecular complexity index is 823. The molecule has 2 rings (SSSR count). The lowest BCUT2D eigenvalue weighted by molar-refractivity contribution is -0.275.